The smallest absolute Gasteiger partial charge is 0.303 e. The normalized spacial score (nSPS) is 43.3. The maximum Gasteiger partial charge on any atom is 0.303 e. The number of aliphatic carboxylic acids is 1. The molecule has 2 N–H and O–H groups in total. The molecule has 0 aromatic rings. The molecule has 4 saturated carbocycles. The topological polar surface area (TPSA) is 52.6 Å². The Hall–Kier alpha value is -1.39. The van der Waals surface area contributed by atoms with Gasteiger partial charge < -0.3 is 15.3 Å². The monoisotopic (exact) mass is 647 g/mol. The molecule has 0 bridgehead atoms. The average Bonchev–Trinajstić information content (AvgIpc) is 3.40. The number of hydrogen-bond acceptors (Lipinski definition) is 3. The molecule has 6 aliphatic rings. The van der Waals surface area contributed by atoms with Crippen LogP contribution in [0.2, 0.25) is 0 Å². The van der Waals surface area contributed by atoms with Crippen LogP contribution in [0.1, 0.15) is 145 Å². The second-order valence-corrected chi connectivity index (χ2v) is 18.7. The van der Waals surface area contributed by atoms with Gasteiger partial charge in [-0.2, -0.15) is 0 Å². The summed E-state index contributed by atoms with van der Waals surface area (Å²) in [4.78, 5) is 14.3. The molecule has 6 rings (SSSR count). The maximum atomic E-state index is 11.6. The minimum Gasteiger partial charge on any atom is -0.481 e. The summed E-state index contributed by atoms with van der Waals surface area (Å²) in [5.41, 5.74) is 5.52. The van der Waals surface area contributed by atoms with E-state index in [0.29, 0.717) is 35.0 Å². The molecule has 1 heterocycles. The summed E-state index contributed by atoms with van der Waals surface area (Å²) >= 11 is 0. The number of carbonyl (C=O) groups is 1. The standard InChI is InChI=1S/C43H70N2O2/c1-9-13-31(14-17-37(46)47)33-19-21-40(6)35(39(33,4)5)20-22-42(8)36(40)16-15-34-38-32(30(2)3)18-23-43(38,25-24-41(34,42)7)44-26-29-45-27-11-10-12-28-45/h13,19,32,34-36,38,44H,2,9-12,14-18,20-29H2,1,3-8H3,(H,46,47)/b31-13+/t32-,34+,35-,36+,38+,40-,41+,42+,43-/m0/s1. The van der Waals surface area contributed by atoms with Crippen molar-refractivity contribution in [3.8, 4) is 0 Å². The van der Waals surface area contributed by atoms with E-state index in [1.54, 1.807) is 0 Å². The van der Waals surface area contributed by atoms with Crippen molar-refractivity contribution in [3.05, 3.63) is 35.5 Å². The molecule has 0 aromatic heterocycles. The van der Waals surface area contributed by atoms with Crippen LogP contribution in [0.5, 0.6) is 0 Å². The zero-order valence-corrected chi connectivity index (χ0v) is 31.5. The lowest BCUT2D eigenvalue weighted by Crippen LogP contribution is -2.68. The van der Waals surface area contributed by atoms with E-state index in [2.05, 4.69) is 77.4 Å². The molecule has 4 heteroatoms. The molecule has 1 saturated heterocycles. The predicted molar refractivity (Wildman–Crippen MR) is 196 cm³/mol. The van der Waals surface area contributed by atoms with Crippen molar-refractivity contribution in [2.75, 3.05) is 26.2 Å². The van der Waals surface area contributed by atoms with Crippen LogP contribution in [0, 0.1) is 51.2 Å². The third kappa shape index (κ3) is 5.76. The molecule has 264 valence electrons. The Morgan fingerprint density at radius 1 is 0.957 bits per heavy atom. The Labute approximate surface area is 288 Å². The zero-order chi connectivity index (χ0) is 33.8. The SMILES string of the molecule is C=C(C)[C@@H]1CC[C@]2(NCCN3CCCCC3)CC[C@]3(C)[C@H](CC[C@@H]4[C@@]5(C)CC=C(/C(=C/CC)CCC(=O)O)C(C)(C)[C@@H]5CC[C@]43C)[C@@H]12. The van der Waals surface area contributed by atoms with E-state index >= 15 is 0 Å². The van der Waals surface area contributed by atoms with Crippen LogP contribution in [0.3, 0.4) is 0 Å². The lowest BCUT2D eigenvalue weighted by molar-refractivity contribution is -0.221. The highest BCUT2D eigenvalue weighted by atomic mass is 16.4. The van der Waals surface area contributed by atoms with E-state index in [9.17, 15) is 9.90 Å². The highest BCUT2D eigenvalue weighted by molar-refractivity contribution is 5.67. The van der Waals surface area contributed by atoms with E-state index in [-0.39, 0.29) is 22.8 Å². The first-order valence-electron chi connectivity index (χ1n) is 20.0. The average molecular weight is 647 g/mol. The molecule has 9 atom stereocenters. The van der Waals surface area contributed by atoms with Crippen molar-refractivity contribution >= 4 is 5.97 Å². The van der Waals surface area contributed by atoms with Crippen molar-refractivity contribution in [2.24, 2.45) is 51.2 Å². The highest BCUT2D eigenvalue weighted by Crippen LogP contribution is 2.76. The van der Waals surface area contributed by atoms with Gasteiger partial charge in [0.1, 0.15) is 0 Å². The predicted octanol–water partition coefficient (Wildman–Crippen LogP) is 10.2. The van der Waals surface area contributed by atoms with Crippen molar-refractivity contribution in [1.82, 2.24) is 10.2 Å². The summed E-state index contributed by atoms with van der Waals surface area (Å²) in [7, 11) is 0. The molecule has 5 aliphatic carbocycles. The third-order valence-electron chi connectivity index (χ3n) is 16.4. The number of carboxylic acids is 1. The van der Waals surface area contributed by atoms with Crippen molar-refractivity contribution < 1.29 is 9.90 Å². The molecule has 4 nitrogen and oxygen atoms in total. The number of piperidine rings is 1. The van der Waals surface area contributed by atoms with Gasteiger partial charge in [0.05, 0.1) is 0 Å². The number of hydrogen-bond donors (Lipinski definition) is 2. The van der Waals surface area contributed by atoms with Gasteiger partial charge in [-0.3, -0.25) is 4.79 Å². The van der Waals surface area contributed by atoms with Crippen LogP contribution in [0.4, 0.5) is 0 Å². The minimum atomic E-state index is -0.686. The van der Waals surface area contributed by atoms with Crippen LogP contribution in [0.15, 0.2) is 35.5 Å². The lowest BCUT2D eigenvalue weighted by atomic mass is 9.33. The Bertz CT molecular complexity index is 1260. The molecule has 0 amide bonds. The minimum absolute atomic E-state index is 0.0576. The lowest BCUT2D eigenvalue weighted by Gasteiger charge is -2.72. The van der Waals surface area contributed by atoms with E-state index in [1.807, 2.05) is 0 Å². The second-order valence-electron chi connectivity index (χ2n) is 18.7. The number of likely N-dealkylation sites (tertiary alicyclic amines) is 1. The van der Waals surface area contributed by atoms with Gasteiger partial charge in [-0.25, -0.2) is 0 Å². The Balaban J connectivity index is 1.28. The first kappa shape index (κ1) is 35.4. The Morgan fingerprint density at radius 3 is 2.38 bits per heavy atom. The molecule has 0 unspecified atom stereocenters. The van der Waals surface area contributed by atoms with Crippen LogP contribution >= 0.6 is 0 Å². The number of nitrogens with one attached hydrogen (secondary N) is 1. The van der Waals surface area contributed by atoms with Crippen LogP contribution in [-0.2, 0) is 4.79 Å². The molecular weight excluding hydrogens is 576 g/mol. The number of allylic oxidation sites excluding steroid dienone is 5. The molecule has 5 fully saturated rings. The van der Waals surface area contributed by atoms with Gasteiger partial charge in [-0.15, -0.1) is 0 Å². The summed E-state index contributed by atoms with van der Waals surface area (Å²) in [6.07, 6.45) is 22.8. The third-order valence-corrected chi connectivity index (χ3v) is 16.4. The molecular formula is C43H70N2O2. The van der Waals surface area contributed by atoms with Crippen molar-refractivity contribution in [1.29, 1.82) is 0 Å². The Kier molecular flexibility index (Phi) is 9.84. The summed E-state index contributed by atoms with van der Waals surface area (Å²) in [5.74, 6) is 2.81. The number of rotatable bonds is 10. The van der Waals surface area contributed by atoms with Gasteiger partial charge in [0.25, 0.3) is 0 Å². The zero-order valence-electron chi connectivity index (χ0n) is 31.5. The molecule has 47 heavy (non-hydrogen) atoms. The quantitative estimate of drug-likeness (QED) is 0.232. The number of nitrogens with zero attached hydrogens (tertiary/aromatic N) is 1. The maximum absolute atomic E-state index is 11.6. The van der Waals surface area contributed by atoms with Gasteiger partial charge in [0.2, 0.25) is 0 Å². The largest absolute Gasteiger partial charge is 0.481 e. The fourth-order valence-corrected chi connectivity index (χ4v) is 14.1. The first-order chi connectivity index (χ1) is 22.2. The summed E-state index contributed by atoms with van der Waals surface area (Å²) in [5, 5.41) is 13.9. The van der Waals surface area contributed by atoms with Gasteiger partial charge >= 0.3 is 5.97 Å². The fraction of sp³-hybridized carbons (Fsp3) is 0.837. The second kappa shape index (κ2) is 13.1. The molecule has 0 aromatic carbocycles. The van der Waals surface area contributed by atoms with Gasteiger partial charge in [0.15, 0.2) is 0 Å². The van der Waals surface area contributed by atoms with E-state index in [1.165, 1.54) is 107 Å². The van der Waals surface area contributed by atoms with Crippen molar-refractivity contribution in [3.63, 3.8) is 0 Å². The first-order valence-corrected chi connectivity index (χ1v) is 20.0. The Morgan fingerprint density at radius 2 is 1.70 bits per heavy atom. The van der Waals surface area contributed by atoms with Crippen molar-refractivity contribution in [2.45, 2.75) is 150 Å². The van der Waals surface area contributed by atoms with E-state index < -0.39 is 5.97 Å². The van der Waals surface area contributed by atoms with Crippen LogP contribution < -0.4 is 5.32 Å². The summed E-state index contributed by atoms with van der Waals surface area (Å²) < 4.78 is 0. The molecule has 0 radical (unpaired) electrons. The summed E-state index contributed by atoms with van der Waals surface area (Å²) in [6, 6.07) is 0. The van der Waals surface area contributed by atoms with Crippen LogP contribution in [-0.4, -0.2) is 47.7 Å². The highest BCUT2D eigenvalue weighted by Gasteiger charge is 2.70. The molecule has 1 aliphatic heterocycles. The van der Waals surface area contributed by atoms with Gasteiger partial charge in [0, 0.05) is 25.0 Å². The van der Waals surface area contributed by atoms with E-state index in [0.717, 1.165) is 31.2 Å². The number of carboxylic acid groups (broad SMARTS) is 1. The van der Waals surface area contributed by atoms with Crippen LogP contribution in [0.25, 0.3) is 0 Å². The summed E-state index contributed by atoms with van der Waals surface area (Å²) in [6.45, 7) is 27.3. The van der Waals surface area contributed by atoms with Gasteiger partial charge in [-0.05, 0) is 166 Å². The van der Waals surface area contributed by atoms with Gasteiger partial charge in [-0.1, -0.05) is 72.3 Å². The van der Waals surface area contributed by atoms with E-state index in [4.69, 9.17) is 0 Å². The fourth-order valence-electron chi connectivity index (χ4n) is 14.1. The number of fused-ring (bicyclic) bond motifs is 7. The molecule has 0 spiro atoms.